The fourth-order valence-corrected chi connectivity index (χ4v) is 2.39. The van der Waals surface area contributed by atoms with E-state index in [-0.39, 0.29) is 0 Å². The van der Waals surface area contributed by atoms with Crippen LogP contribution in [-0.4, -0.2) is 24.1 Å². The molecule has 0 aromatic carbocycles. The molecule has 0 spiro atoms. The molecule has 3 rings (SSSR count). The highest BCUT2D eigenvalue weighted by Crippen LogP contribution is 2.40. The number of aromatic nitrogens is 2. The predicted molar refractivity (Wildman–Crippen MR) is 79.1 cm³/mol. The van der Waals surface area contributed by atoms with Crippen molar-refractivity contribution in [2.75, 3.05) is 24.3 Å². The van der Waals surface area contributed by atoms with E-state index >= 15 is 0 Å². The van der Waals surface area contributed by atoms with Crippen LogP contribution in [-0.2, 0) is 6.54 Å². The molecule has 1 N–H and O–H groups in total. The smallest absolute Gasteiger partial charge is 0.137 e. The zero-order valence-electron chi connectivity index (χ0n) is 12.2. The van der Waals surface area contributed by atoms with E-state index < -0.39 is 0 Å². The molecule has 2 aromatic heterocycles. The average molecular weight is 272 g/mol. The summed E-state index contributed by atoms with van der Waals surface area (Å²) in [6, 6.07) is 1.98. The maximum atomic E-state index is 5.13. The fraction of sp³-hybridized carbons (Fsp3) is 0.467. The van der Waals surface area contributed by atoms with E-state index in [1.165, 1.54) is 12.8 Å². The molecule has 2 heterocycles. The van der Waals surface area contributed by atoms with Gasteiger partial charge in [0.1, 0.15) is 17.5 Å². The first-order chi connectivity index (χ1) is 9.69. The van der Waals surface area contributed by atoms with Crippen molar-refractivity contribution in [3.05, 3.63) is 35.5 Å². The van der Waals surface area contributed by atoms with Gasteiger partial charge in [-0.2, -0.15) is 0 Å². The summed E-state index contributed by atoms with van der Waals surface area (Å²) in [5, 5.41) is 3.18. The number of anilines is 2. The Balaban J connectivity index is 1.92. The Labute approximate surface area is 119 Å². The second-order valence-electron chi connectivity index (χ2n) is 5.39. The zero-order valence-corrected chi connectivity index (χ0v) is 12.2. The van der Waals surface area contributed by atoms with Gasteiger partial charge in [-0.05, 0) is 25.8 Å². The number of nitrogens with zero attached hydrogens (tertiary/aromatic N) is 3. The second kappa shape index (κ2) is 5.15. The Morgan fingerprint density at radius 3 is 2.80 bits per heavy atom. The van der Waals surface area contributed by atoms with Gasteiger partial charge in [0, 0.05) is 37.7 Å². The van der Waals surface area contributed by atoms with Crippen molar-refractivity contribution in [3.63, 3.8) is 0 Å². The third-order valence-electron chi connectivity index (χ3n) is 3.68. The van der Waals surface area contributed by atoms with Gasteiger partial charge in [-0.1, -0.05) is 0 Å². The molecule has 0 unspecified atom stereocenters. The van der Waals surface area contributed by atoms with Crippen molar-refractivity contribution in [1.29, 1.82) is 0 Å². The first kappa shape index (κ1) is 13.0. The van der Waals surface area contributed by atoms with E-state index in [1.54, 1.807) is 12.5 Å². The van der Waals surface area contributed by atoms with Gasteiger partial charge in [-0.3, -0.25) is 0 Å². The lowest BCUT2D eigenvalue weighted by molar-refractivity contribution is 0.563. The maximum absolute atomic E-state index is 5.13. The van der Waals surface area contributed by atoms with Gasteiger partial charge in [0.2, 0.25) is 0 Å². The van der Waals surface area contributed by atoms with Crippen molar-refractivity contribution in [2.24, 2.45) is 0 Å². The molecular weight excluding hydrogens is 252 g/mol. The molecule has 1 fully saturated rings. The van der Waals surface area contributed by atoms with Crippen LogP contribution in [0.4, 0.5) is 11.6 Å². The minimum atomic E-state index is 0.545. The predicted octanol–water partition coefficient (Wildman–Crippen LogP) is 2.93. The lowest BCUT2D eigenvalue weighted by atomic mass is 10.2. The van der Waals surface area contributed by atoms with Gasteiger partial charge < -0.3 is 14.6 Å². The van der Waals surface area contributed by atoms with E-state index in [2.05, 4.69) is 29.2 Å². The molecule has 2 aromatic rings. The zero-order chi connectivity index (χ0) is 14.1. The molecule has 20 heavy (non-hydrogen) atoms. The normalized spacial score (nSPS) is 14.3. The highest BCUT2D eigenvalue weighted by Gasteiger charge is 2.28. The molecule has 1 aliphatic carbocycles. The first-order valence-corrected chi connectivity index (χ1v) is 6.97. The Morgan fingerprint density at radius 1 is 1.40 bits per heavy atom. The molecule has 106 valence electrons. The van der Waals surface area contributed by atoms with Crippen LogP contribution in [0.2, 0.25) is 0 Å². The van der Waals surface area contributed by atoms with E-state index in [9.17, 15) is 0 Å². The van der Waals surface area contributed by atoms with Gasteiger partial charge in [0.05, 0.1) is 12.5 Å². The van der Waals surface area contributed by atoms with Gasteiger partial charge in [-0.15, -0.1) is 0 Å². The van der Waals surface area contributed by atoms with Crippen molar-refractivity contribution in [2.45, 2.75) is 32.2 Å². The lowest BCUT2D eigenvalue weighted by Crippen LogP contribution is -2.20. The van der Waals surface area contributed by atoms with Crippen molar-refractivity contribution >= 4 is 11.6 Å². The summed E-state index contributed by atoms with van der Waals surface area (Å²) >= 11 is 0. The molecule has 0 saturated heterocycles. The van der Waals surface area contributed by atoms with Gasteiger partial charge >= 0.3 is 0 Å². The summed E-state index contributed by atoms with van der Waals surface area (Å²) in [6.07, 6.45) is 5.88. The van der Waals surface area contributed by atoms with E-state index in [1.807, 2.05) is 13.1 Å². The van der Waals surface area contributed by atoms with Gasteiger partial charge in [0.25, 0.3) is 0 Å². The number of furan rings is 1. The van der Waals surface area contributed by atoms with Crippen LogP contribution in [0.15, 0.2) is 23.0 Å². The van der Waals surface area contributed by atoms with E-state index in [0.717, 1.165) is 35.1 Å². The van der Waals surface area contributed by atoms with Gasteiger partial charge in [-0.25, -0.2) is 9.97 Å². The lowest BCUT2D eigenvalue weighted by Gasteiger charge is -2.21. The largest absolute Gasteiger partial charge is 0.472 e. The van der Waals surface area contributed by atoms with Crippen LogP contribution in [0.1, 0.15) is 35.7 Å². The van der Waals surface area contributed by atoms with Gasteiger partial charge in [0.15, 0.2) is 0 Å². The van der Waals surface area contributed by atoms with Crippen molar-refractivity contribution in [1.82, 2.24) is 9.97 Å². The third kappa shape index (κ3) is 2.48. The minimum Gasteiger partial charge on any atom is -0.472 e. The van der Waals surface area contributed by atoms with Crippen LogP contribution in [0, 0.1) is 6.92 Å². The molecule has 0 atom stereocenters. The first-order valence-electron chi connectivity index (χ1n) is 6.97. The van der Waals surface area contributed by atoms with Crippen LogP contribution >= 0.6 is 0 Å². The summed E-state index contributed by atoms with van der Waals surface area (Å²) in [5.74, 6) is 3.43. The Bertz CT molecular complexity index is 590. The molecule has 1 aliphatic rings. The van der Waals surface area contributed by atoms with Crippen LogP contribution < -0.4 is 10.2 Å². The number of hydrogen-bond acceptors (Lipinski definition) is 5. The van der Waals surface area contributed by atoms with Crippen molar-refractivity contribution < 1.29 is 4.42 Å². The topological polar surface area (TPSA) is 54.2 Å². The monoisotopic (exact) mass is 272 g/mol. The van der Waals surface area contributed by atoms with Crippen LogP contribution in [0.5, 0.6) is 0 Å². The number of nitrogens with one attached hydrogen (secondary N) is 1. The van der Waals surface area contributed by atoms with Crippen LogP contribution in [0.25, 0.3) is 0 Å². The minimum absolute atomic E-state index is 0.545. The summed E-state index contributed by atoms with van der Waals surface area (Å²) in [6.45, 7) is 2.84. The Morgan fingerprint density at radius 2 is 2.20 bits per heavy atom. The quantitative estimate of drug-likeness (QED) is 0.907. The van der Waals surface area contributed by atoms with Crippen LogP contribution in [0.3, 0.4) is 0 Å². The van der Waals surface area contributed by atoms with Crippen molar-refractivity contribution in [3.8, 4) is 0 Å². The standard InChI is InChI=1S/C15H20N4O/c1-10-13(16-2)17-14(12-4-5-12)18-15(10)19(3)8-11-6-7-20-9-11/h6-7,9,12H,4-5,8H2,1-3H3,(H,16,17,18). The average Bonchev–Trinajstić information content (AvgIpc) is 3.17. The fourth-order valence-electron chi connectivity index (χ4n) is 2.39. The Hall–Kier alpha value is -2.04. The molecule has 1 saturated carbocycles. The third-order valence-corrected chi connectivity index (χ3v) is 3.68. The summed E-state index contributed by atoms with van der Waals surface area (Å²) < 4.78 is 5.13. The SMILES string of the molecule is CNc1nc(C2CC2)nc(N(C)Cc2ccoc2)c1C. The molecule has 0 amide bonds. The Kier molecular flexibility index (Phi) is 3.34. The highest BCUT2D eigenvalue weighted by molar-refractivity contribution is 5.58. The molecular formula is C15H20N4O. The molecule has 0 bridgehead atoms. The maximum Gasteiger partial charge on any atom is 0.137 e. The molecule has 0 aliphatic heterocycles. The molecule has 0 radical (unpaired) electrons. The van der Waals surface area contributed by atoms with E-state index in [4.69, 9.17) is 9.40 Å². The number of rotatable bonds is 5. The number of hydrogen-bond donors (Lipinski definition) is 1. The highest BCUT2D eigenvalue weighted by atomic mass is 16.3. The summed E-state index contributed by atoms with van der Waals surface area (Å²) in [5.41, 5.74) is 2.23. The summed E-state index contributed by atoms with van der Waals surface area (Å²) in [7, 11) is 3.96. The molecule has 5 nitrogen and oxygen atoms in total. The summed E-state index contributed by atoms with van der Waals surface area (Å²) in [4.78, 5) is 11.5. The van der Waals surface area contributed by atoms with E-state index in [0.29, 0.717) is 5.92 Å². The molecule has 5 heteroatoms. The second-order valence-corrected chi connectivity index (χ2v) is 5.39.